The van der Waals surface area contributed by atoms with Gasteiger partial charge < -0.3 is 9.80 Å². The lowest BCUT2D eigenvalue weighted by Crippen LogP contribution is -2.50. The molecule has 134 valence electrons. The minimum atomic E-state index is -0.896. The van der Waals surface area contributed by atoms with Crippen molar-refractivity contribution in [3.8, 4) is 0 Å². The van der Waals surface area contributed by atoms with E-state index in [-0.39, 0.29) is 11.8 Å². The molecule has 0 saturated carbocycles. The Morgan fingerprint density at radius 3 is 2.65 bits per heavy atom. The van der Waals surface area contributed by atoms with Gasteiger partial charge in [0.2, 0.25) is 5.91 Å². The van der Waals surface area contributed by atoms with Crippen molar-refractivity contribution in [1.29, 1.82) is 0 Å². The molecule has 1 atom stereocenters. The zero-order chi connectivity index (χ0) is 18.3. The largest absolute Gasteiger partial charge is 0.315 e. The summed E-state index contributed by atoms with van der Waals surface area (Å²) in [4.78, 5) is 29.0. The van der Waals surface area contributed by atoms with Gasteiger partial charge in [-0.2, -0.15) is 0 Å². The maximum atomic E-state index is 13.6. The average Bonchev–Trinajstić information content (AvgIpc) is 3.20. The Balaban J connectivity index is 1.81. The lowest BCUT2D eigenvalue weighted by Gasteiger charge is -2.33. The van der Waals surface area contributed by atoms with Gasteiger partial charge in [0.1, 0.15) is 0 Å². The van der Waals surface area contributed by atoms with Crippen molar-refractivity contribution in [2.24, 2.45) is 0 Å². The van der Waals surface area contributed by atoms with Gasteiger partial charge in [0.25, 0.3) is 5.91 Å². The summed E-state index contributed by atoms with van der Waals surface area (Å²) in [6.07, 6.45) is 0.412. The summed E-state index contributed by atoms with van der Waals surface area (Å²) >= 11 is 1.59. The van der Waals surface area contributed by atoms with Crippen LogP contribution in [0.15, 0.2) is 48.5 Å². The predicted octanol–water partition coefficient (Wildman–Crippen LogP) is 3.68. The Labute approximate surface area is 158 Å². The molecule has 1 fully saturated rings. The summed E-state index contributed by atoms with van der Waals surface area (Å²) in [6, 6.07) is 16.0. The Kier molecular flexibility index (Phi) is 4.27. The van der Waals surface area contributed by atoms with E-state index in [1.54, 1.807) is 16.7 Å². The van der Waals surface area contributed by atoms with E-state index in [9.17, 15) is 9.59 Å². The molecule has 26 heavy (non-hydrogen) atoms. The van der Waals surface area contributed by atoms with Crippen LogP contribution in [0.5, 0.6) is 0 Å². The second-order valence-electron chi connectivity index (χ2n) is 6.73. The topological polar surface area (TPSA) is 40.6 Å². The monoisotopic (exact) mass is 366 g/mol. The van der Waals surface area contributed by atoms with Gasteiger partial charge in [0.05, 0.1) is 12.2 Å². The smallest absolute Gasteiger partial charge is 0.268 e. The highest BCUT2D eigenvalue weighted by Gasteiger charge is 2.58. The average molecular weight is 366 g/mol. The lowest BCUT2D eigenvalue weighted by atomic mass is 10.1. The van der Waals surface area contributed by atoms with Gasteiger partial charge in [0, 0.05) is 24.3 Å². The molecule has 2 aromatic rings. The number of nitrogens with zero attached hydrogens (tertiary/aromatic N) is 2. The van der Waals surface area contributed by atoms with Crippen molar-refractivity contribution in [2.75, 3.05) is 17.2 Å². The number of benzene rings is 2. The molecule has 0 N–H and O–H groups in total. The Bertz CT molecular complexity index is 882. The molecule has 2 heterocycles. The van der Waals surface area contributed by atoms with Crippen molar-refractivity contribution < 1.29 is 9.59 Å². The molecule has 2 amide bonds. The summed E-state index contributed by atoms with van der Waals surface area (Å²) < 4.78 is 0. The minimum absolute atomic E-state index is 0.00579. The fourth-order valence-electron chi connectivity index (χ4n) is 3.93. The molecule has 0 aliphatic carbocycles. The van der Waals surface area contributed by atoms with Crippen molar-refractivity contribution in [3.63, 3.8) is 0 Å². The van der Waals surface area contributed by atoms with Gasteiger partial charge in [-0.15, -0.1) is 11.8 Å². The van der Waals surface area contributed by atoms with E-state index in [2.05, 4.69) is 19.1 Å². The van der Waals surface area contributed by atoms with Crippen LogP contribution in [0.3, 0.4) is 0 Å². The van der Waals surface area contributed by atoms with Crippen LogP contribution in [0, 0.1) is 6.92 Å². The SMILES string of the molecule is CCC(=O)N1CCSC12C(=O)N(Cc1ccccc1C)c1ccccc12. The van der Waals surface area contributed by atoms with Gasteiger partial charge >= 0.3 is 0 Å². The molecular weight excluding hydrogens is 344 g/mol. The van der Waals surface area contributed by atoms with E-state index in [1.807, 2.05) is 48.2 Å². The fourth-order valence-corrected chi connectivity index (χ4v) is 5.41. The van der Waals surface area contributed by atoms with E-state index in [1.165, 1.54) is 5.56 Å². The van der Waals surface area contributed by atoms with Crippen molar-refractivity contribution in [2.45, 2.75) is 31.7 Å². The highest BCUT2D eigenvalue weighted by Crippen LogP contribution is 2.54. The van der Waals surface area contributed by atoms with Gasteiger partial charge in [-0.3, -0.25) is 9.59 Å². The molecule has 1 spiro atoms. The third-order valence-electron chi connectivity index (χ3n) is 5.29. The number of rotatable bonds is 3. The Hall–Kier alpha value is -2.27. The minimum Gasteiger partial charge on any atom is -0.315 e. The molecule has 4 nitrogen and oxygen atoms in total. The quantitative estimate of drug-likeness (QED) is 0.832. The maximum absolute atomic E-state index is 13.6. The number of amides is 2. The second kappa shape index (κ2) is 6.47. The van der Waals surface area contributed by atoms with Crippen molar-refractivity contribution in [3.05, 3.63) is 65.2 Å². The third-order valence-corrected chi connectivity index (χ3v) is 6.71. The first-order valence-corrected chi connectivity index (χ1v) is 9.98. The van der Waals surface area contributed by atoms with Gasteiger partial charge in [-0.1, -0.05) is 49.4 Å². The molecule has 2 aliphatic rings. The van der Waals surface area contributed by atoms with E-state index < -0.39 is 4.87 Å². The first-order chi connectivity index (χ1) is 12.6. The number of thioether (sulfide) groups is 1. The van der Waals surface area contributed by atoms with E-state index >= 15 is 0 Å². The van der Waals surface area contributed by atoms with Gasteiger partial charge in [-0.05, 0) is 24.1 Å². The summed E-state index contributed by atoms with van der Waals surface area (Å²) in [5.74, 6) is 0.825. The zero-order valence-electron chi connectivity index (χ0n) is 15.1. The third kappa shape index (κ3) is 2.37. The molecular formula is C21H22N2O2S. The number of hydrogen-bond donors (Lipinski definition) is 0. The number of aryl methyl sites for hydroxylation is 1. The number of fused-ring (bicyclic) bond motifs is 2. The molecule has 5 heteroatoms. The van der Waals surface area contributed by atoms with Crippen LogP contribution in [0.25, 0.3) is 0 Å². The number of carbonyl (C=O) groups excluding carboxylic acids is 2. The van der Waals surface area contributed by atoms with E-state index in [0.717, 1.165) is 22.6 Å². The predicted molar refractivity (Wildman–Crippen MR) is 105 cm³/mol. The van der Waals surface area contributed by atoms with Gasteiger partial charge in [0.15, 0.2) is 4.87 Å². The second-order valence-corrected chi connectivity index (χ2v) is 8.01. The van der Waals surface area contributed by atoms with Gasteiger partial charge in [-0.25, -0.2) is 0 Å². The van der Waals surface area contributed by atoms with Crippen molar-refractivity contribution in [1.82, 2.24) is 4.90 Å². The van der Waals surface area contributed by atoms with Crippen LogP contribution in [0.2, 0.25) is 0 Å². The summed E-state index contributed by atoms with van der Waals surface area (Å²) in [7, 11) is 0. The van der Waals surface area contributed by atoms with Crippen LogP contribution >= 0.6 is 11.8 Å². The number of hydrogen-bond acceptors (Lipinski definition) is 3. The zero-order valence-corrected chi connectivity index (χ0v) is 15.9. The first kappa shape index (κ1) is 17.2. The Morgan fingerprint density at radius 1 is 1.15 bits per heavy atom. The molecule has 0 aromatic heterocycles. The Morgan fingerprint density at radius 2 is 1.88 bits per heavy atom. The fraction of sp³-hybridized carbons (Fsp3) is 0.333. The number of carbonyl (C=O) groups is 2. The van der Waals surface area contributed by atoms with E-state index in [4.69, 9.17) is 0 Å². The summed E-state index contributed by atoms with van der Waals surface area (Å²) in [5, 5.41) is 0. The van der Waals surface area contributed by atoms with Crippen molar-refractivity contribution >= 4 is 29.3 Å². The molecule has 4 rings (SSSR count). The van der Waals surface area contributed by atoms with Crippen LogP contribution < -0.4 is 4.90 Å². The first-order valence-electron chi connectivity index (χ1n) is 9.00. The lowest BCUT2D eigenvalue weighted by molar-refractivity contribution is -0.139. The highest BCUT2D eigenvalue weighted by atomic mass is 32.2. The maximum Gasteiger partial charge on any atom is 0.268 e. The normalized spacial score (nSPS) is 21.5. The van der Waals surface area contributed by atoms with Crippen LogP contribution in [-0.2, 0) is 21.0 Å². The molecule has 1 unspecified atom stereocenters. The van der Waals surface area contributed by atoms with Crippen LogP contribution in [-0.4, -0.2) is 29.0 Å². The highest BCUT2D eigenvalue weighted by molar-refractivity contribution is 8.01. The van der Waals surface area contributed by atoms with Crippen LogP contribution in [0.4, 0.5) is 5.69 Å². The van der Waals surface area contributed by atoms with Crippen LogP contribution in [0.1, 0.15) is 30.0 Å². The molecule has 2 aromatic carbocycles. The molecule has 0 radical (unpaired) electrons. The standard InChI is InChI=1S/C21H22N2O2S/c1-3-19(24)23-12-13-26-21(23)17-10-6-7-11-18(17)22(20(21)25)14-16-9-5-4-8-15(16)2/h4-11H,3,12-14H2,1-2H3. The summed E-state index contributed by atoms with van der Waals surface area (Å²) in [6.45, 7) is 5.07. The molecule has 2 aliphatic heterocycles. The number of anilines is 1. The van der Waals surface area contributed by atoms with E-state index in [0.29, 0.717) is 19.5 Å². The molecule has 0 bridgehead atoms. The number of para-hydroxylation sites is 1. The summed E-state index contributed by atoms with van der Waals surface area (Å²) in [5.41, 5.74) is 4.16. The molecule has 1 saturated heterocycles.